The molecule has 1 aliphatic rings. The maximum absolute atomic E-state index is 12.8. The number of carbonyl (C=O) groups is 2. The van der Waals surface area contributed by atoms with Gasteiger partial charge in [0.2, 0.25) is 11.8 Å². The summed E-state index contributed by atoms with van der Waals surface area (Å²) in [6.07, 6.45) is 1.72. The first kappa shape index (κ1) is 15.9. The third-order valence-corrected chi connectivity index (χ3v) is 4.46. The number of thiocarbonyl (C=S) groups is 1. The minimum absolute atomic E-state index is 0.0915. The fraction of sp³-hybridized carbons (Fsp3) is 0.769. The molecule has 0 aliphatic carbocycles. The Bertz CT molecular complexity index is 380. The SMILES string of the molecule is CCC1C(=O)NCCN1C(=O)C(CC)(CC)C(N)=S. The first-order valence-electron chi connectivity index (χ1n) is 6.83. The van der Waals surface area contributed by atoms with E-state index in [1.807, 2.05) is 20.8 Å². The molecule has 1 fully saturated rings. The molecular formula is C13H23N3O2S. The Morgan fingerprint density at radius 1 is 1.47 bits per heavy atom. The lowest BCUT2D eigenvalue weighted by Gasteiger charge is -2.41. The predicted octanol–water partition coefficient (Wildman–Crippen LogP) is 0.816. The smallest absolute Gasteiger partial charge is 0.242 e. The zero-order valence-corrected chi connectivity index (χ0v) is 12.7. The second-order valence-electron chi connectivity index (χ2n) is 4.87. The molecule has 0 saturated carbocycles. The zero-order valence-electron chi connectivity index (χ0n) is 11.9. The molecule has 3 N–H and O–H groups in total. The van der Waals surface area contributed by atoms with Crippen molar-refractivity contribution in [1.82, 2.24) is 10.2 Å². The summed E-state index contributed by atoms with van der Waals surface area (Å²) in [6.45, 7) is 6.72. The van der Waals surface area contributed by atoms with Crippen LogP contribution >= 0.6 is 12.2 Å². The molecule has 6 heteroatoms. The van der Waals surface area contributed by atoms with Crippen LogP contribution in [0.4, 0.5) is 0 Å². The standard InChI is InChI=1S/C13H23N3O2S/c1-4-9-10(17)15-7-8-16(9)12(18)13(5-2,6-3)11(14)19/h9H,4-8H2,1-3H3,(H2,14,19)(H,15,17). The highest BCUT2D eigenvalue weighted by Crippen LogP contribution is 2.31. The molecule has 2 amide bonds. The zero-order chi connectivity index (χ0) is 14.6. The van der Waals surface area contributed by atoms with Gasteiger partial charge >= 0.3 is 0 Å². The Balaban J connectivity index is 3.08. The molecule has 0 spiro atoms. The van der Waals surface area contributed by atoms with Gasteiger partial charge in [0.25, 0.3) is 0 Å². The summed E-state index contributed by atoms with van der Waals surface area (Å²) in [5.74, 6) is -0.196. The summed E-state index contributed by atoms with van der Waals surface area (Å²) >= 11 is 5.11. The Kier molecular flexibility index (Phi) is 5.29. The molecule has 19 heavy (non-hydrogen) atoms. The maximum Gasteiger partial charge on any atom is 0.242 e. The highest BCUT2D eigenvalue weighted by atomic mass is 32.1. The fourth-order valence-electron chi connectivity index (χ4n) is 2.64. The maximum atomic E-state index is 12.8. The highest BCUT2D eigenvalue weighted by molar-refractivity contribution is 7.80. The average molecular weight is 285 g/mol. The van der Waals surface area contributed by atoms with E-state index in [1.54, 1.807) is 4.90 Å². The minimum Gasteiger partial charge on any atom is -0.392 e. The van der Waals surface area contributed by atoms with Gasteiger partial charge in [-0.25, -0.2) is 0 Å². The number of carbonyl (C=O) groups excluding carboxylic acids is 2. The van der Waals surface area contributed by atoms with Crippen molar-refractivity contribution in [2.75, 3.05) is 13.1 Å². The minimum atomic E-state index is -0.819. The van der Waals surface area contributed by atoms with Crippen LogP contribution in [0.1, 0.15) is 40.0 Å². The van der Waals surface area contributed by atoms with Crippen molar-refractivity contribution >= 4 is 29.0 Å². The lowest BCUT2D eigenvalue weighted by molar-refractivity contribution is -0.148. The van der Waals surface area contributed by atoms with Crippen molar-refractivity contribution < 1.29 is 9.59 Å². The Morgan fingerprint density at radius 3 is 2.47 bits per heavy atom. The van der Waals surface area contributed by atoms with Gasteiger partial charge in [0.15, 0.2) is 0 Å². The van der Waals surface area contributed by atoms with Gasteiger partial charge in [-0.15, -0.1) is 0 Å². The van der Waals surface area contributed by atoms with Crippen molar-refractivity contribution in [3.8, 4) is 0 Å². The highest BCUT2D eigenvalue weighted by Gasteiger charge is 2.44. The predicted molar refractivity (Wildman–Crippen MR) is 78.6 cm³/mol. The molecule has 0 aromatic heterocycles. The van der Waals surface area contributed by atoms with E-state index in [1.165, 1.54) is 0 Å². The first-order chi connectivity index (χ1) is 8.94. The summed E-state index contributed by atoms with van der Waals surface area (Å²) in [6, 6.07) is -0.409. The molecular weight excluding hydrogens is 262 g/mol. The number of piperazine rings is 1. The van der Waals surface area contributed by atoms with Crippen LogP contribution in [0, 0.1) is 5.41 Å². The summed E-state index contributed by atoms with van der Waals surface area (Å²) < 4.78 is 0. The van der Waals surface area contributed by atoms with E-state index >= 15 is 0 Å². The summed E-state index contributed by atoms with van der Waals surface area (Å²) in [5, 5.41) is 2.79. The molecule has 1 heterocycles. The van der Waals surface area contributed by atoms with Crippen LogP contribution in [0.3, 0.4) is 0 Å². The van der Waals surface area contributed by atoms with E-state index in [0.717, 1.165) is 0 Å². The molecule has 108 valence electrons. The third-order valence-electron chi connectivity index (χ3n) is 4.07. The Morgan fingerprint density at radius 2 is 2.05 bits per heavy atom. The Hall–Kier alpha value is -1.17. The third kappa shape index (κ3) is 2.73. The van der Waals surface area contributed by atoms with Crippen LogP contribution in [-0.4, -0.2) is 40.8 Å². The number of hydrogen-bond donors (Lipinski definition) is 2. The van der Waals surface area contributed by atoms with Crippen molar-refractivity contribution in [2.45, 2.75) is 46.1 Å². The van der Waals surface area contributed by atoms with Crippen LogP contribution in [0.2, 0.25) is 0 Å². The van der Waals surface area contributed by atoms with Gasteiger partial charge in [-0.05, 0) is 19.3 Å². The second-order valence-corrected chi connectivity index (χ2v) is 5.31. The number of nitrogens with two attached hydrogens (primary N) is 1. The molecule has 1 unspecified atom stereocenters. The van der Waals surface area contributed by atoms with Gasteiger partial charge in [-0.1, -0.05) is 33.0 Å². The number of nitrogens with zero attached hydrogens (tertiary/aromatic N) is 1. The molecule has 1 rings (SSSR count). The molecule has 0 bridgehead atoms. The molecule has 1 aliphatic heterocycles. The van der Waals surface area contributed by atoms with E-state index < -0.39 is 11.5 Å². The monoisotopic (exact) mass is 285 g/mol. The number of nitrogens with one attached hydrogen (secondary N) is 1. The number of rotatable bonds is 5. The van der Waals surface area contributed by atoms with Crippen LogP contribution in [0.5, 0.6) is 0 Å². The van der Waals surface area contributed by atoms with Gasteiger partial charge in [0.05, 0.1) is 10.4 Å². The van der Waals surface area contributed by atoms with Gasteiger partial charge in [-0.3, -0.25) is 9.59 Å². The van der Waals surface area contributed by atoms with Crippen LogP contribution in [0.25, 0.3) is 0 Å². The lowest BCUT2D eigenvalue weighted by atomic mass is 9.80. The van der Waals surface area contributed by atoms with Gasteiger partial charge in [0, 0.05) is 13.1 Å². The number of hydrogen-bond acceptors (Lipinski definition) is 3. The molecule has 0 aromatic carbocycles. The van der Waals surface area contributed by atoms with E-state index in [0.29, 0.717) is 32.4 Å². The normalized spacial score (nSPS) is 20.1. The van der Waals surface area contributed by atoms with E-state index in [-0.39, 0.29) is 16.8 Å². The van der Waals surface area contributed by atoms with Gasteiger partial charge in [0.1, 0.15) is 6.04 Å². The van der Waals surface area contributed by atoms with Gasteiger partial charge in [-0.2, -0.15) is 0 Å². The van der Waals surface area contributed by atoms with Crippen molar-refractivity contribution in [3.05, 3.63) is 0 Å². The topological polar surface area (TPSA) is 75.4 Å². The van der Waals surface area contributed by atoms with Crippen LogP contribution < -0.4 is 11.1 Å². The second kappa shape index (κ2) is 6.32. The largest absolute Gasteiger partial charge is 0.392 e. The summed E-state index contributed by atoms with van der Waals surface area (Å²) in [7, 11) is 0. The van der Waals surface area contributed by atoms with Crippen LogP contribution in [0.15, 0.2) is 0 Å². The Labute approximate surface area is 119 Å². The van der Waals surface area contributed by atoms with Gasteiger partial charge < -0.3 is 16.0 Å². The van der Waals surface area contributed by atoms with Crippen LogP contribution in [-0.2, 0) is 9.59 Å². The fourth-order valence-corrected chi connectivity index (χ4v) is 3.02. The van der Waals surface area contributed by atoms with E-state index in [4.69, 9.17) is 18.0 Å². The molecule has 0 aromatic rings. The van der Waals surface area contributed by atoms with E-state index in [2.05, 4.69) is 5.32 Å². The first-order valence-corrected chi connectivity index (χ1v) is 7.24. The number of amides is 2. The van der Waals surface area contributed by atoms with Crippen molar-refractivity contribution in [2.24, 2.45) is 11.1 Å². The van der Waals surface area contributed by atoms with E-state index in [9.17, 15) is 9.59 Å². The quantitative estimate of drug-likeness (QED) is 0.733. The lowest BCUT2D eigenvalue weighted by Crippen LogP contribution is -2.61. The van der Waals surface area contributed by atoms with Crippen molar-refractivity contribution in [1.29, 1.82) is 0 Å². The van der Waals surface area contributed by atoms with Crippen molar-refractivity contribution in [3.63, 3.8) is 0 Å². The molecule has 1 atom stereocenters. The summed E-state index contributed by atoms with van der Waals surface area (Å²) in [4.78, 5) is 26.5. The summed E-state index contributed by atoms with van der Waals surface area (Å²) in [5.41, 5.74) is 4.99. The molecule has 1 saturated heterocycles. The molecule has 5 nitrogen and oxygen atoms in total. The molecule has 0 radical (unpaired) electrons. The average Bonchev–Trinajstić information content (AvgIpc) is 2.39.